The molecule has 0 radical (unpaired) electrons. The molecule has 0 atom stereocenters. The van der Waals surface area contributed by atoms with E-state index >= 15 is 0 Å². The Balaban J connectivity index is 1.52. The van der Waals surface area contributed by atoms with E-state index in [0.717, 1.165) is 50.2 Å². The Morgan fingerprint density at radius 3 is 2.65 bits per heavy atom. The summed E-state index contributed by atoms with van der Waals surface area (Å²) in [6.07, 6.45) is 1.78. The summed E-state index contributed by atoms with van der Waals surface area (Å²) < 4.78 is 5.46. The van der Waals surface area contributed by atoms with E-state index in [-0.39, 0.29) is 0 Å². The molecule has 1 aromatic carbocycles. The summed E-state index contributed by atoms with van der Waals surface area (Å²) in [5, 5.41) is 3.36. The zero-order chi connectivity index (χ0) is 16.1. The maximum absolute atomic E-state index is 5.46. The van der Waals surface area contributed by atoms with Crippen molar-refractivity contribution in [2.24, 2.45) is 0 Å². The minimum Gasteiger partial charge on any atom is -0.495 e. The number of rotatable bonds is 5. The number of aromatic nitrogens is 2. The van der Waals surface area contributed by atoms with Gasteiger partial charge >= 0.3 is 0 Å². The molecule has 6 heteroatoms. The van der Waals surface area contributed by atoms with Crippen molar-refractivity contribution in [3.05, 3.63) is 42.4 Å². The SMILES string of the molecule is COc1ccccc1N1CCN(CNc2ccnc(C)n2)CC1. The molecule has 1 aromatic heterocycles. The molecule has 3 rings (SSSR count). The van der Waals surface area contributed by atoms with Gasteiger partial charge in [0.15, 0.2) is 0 Å². The Labute approximate surface area is 137 Å². The second-order valence-electron chi connectivity index (χ2n) is 5.60. The summed E-state index contributed by atoms with van der Waals surface area (Å²) in [5.41, 5.74) is 1.18. The van der Waals surface area contributed by atoms with Crippen LogP contribution >= 0.6 is 0 Å². The van der Waals surface area contributed by atoms with E-state index in [1.165, 1.54) is 5.69 Å². The number of ether oxygens (including phenoxy) is 1. The highest BCUT2D eigenvalue weighted by molar-refractivity contribution is 5.58. The average molecular weight is 313 g/mol. The molecule has 1 N–H and O–H groups in total. The predicted octanol–water partition coefficient (Wildman–Crippen LogP) is 1.99. The molecule has 0 amide bonds. The van der Waals surface area contributed by atoms with Crippen molar-refractivity contribution in [1.29, 1.82) is 0 Å². The van der Waals surface area contributed by atoms with Crippen molar-refractivity contribution in [3.63, 3.8) is 0 Å². The van der Waals surface area contributed by atoms with Crippen LogP contribution in [0.2, 0.25) is 0 Å². The lowest BCUT2D eigenvalue weighted by Crippen LogP contribution is -2.48. The normalized spacial score (nSPS) is 15.5. The van der Waals surface area contributed by atoms with Gasteiger partial charge in [-0.05, 0) is 25.1 Å². The highest BCUT2D eigenvalue weighted by atomic mass is 16.5. The first-order chi connectivity index (χ1) is 11.3. The van der Waals surface area contributed by atoms with Crippen LogP contribution in [0, 0.1) is 6.92 Å². The lowest BCUT2D eigenvalue weighted by Gasteiger charge is -2.36. The Bertz CT molecular complexity index is 640. The van der Waals surface area contributed by atoms with Crippen LogP contribution < -0.4 is 15.0 Å². The minimum atomic E-state index is 0.788. The molecule has 1 saturated heterocycles. The number of benzene rings is 1. The largest absolute Gasteiger partial charge is 0.495 e. The number of methoxy groups -OCH3 is 1. The summed E-state index contributed by atoms with van der Waals surface area (Å²) >= 11 is 0. The molecule has 0 aliphatic carbocycles. The molecule has 0 saturated carbocycles. The van der Waals surface area contributed by atoms with Gasteiger partial charge in [-0.2, -0.15) is 0 Å². The van der Waals surface area contributed by atoms with Crippen molar-refractivity contribution >= 4 is 11.5 Å². The summed E-state index contributed by atoms with van der Waals surface area (Å²) in [4.78, 5) is 13.2. The molecule has 1 aliphatic heterocycles. The highest BCUT2D eigenvalue weighted by Crippen LogP contribution is 2.28. The first-order valence-electron chi connectivity index (χ1n) is 7.90. The van der Waals surface area contributed by atoms with Gasteiger partial charge in [0.05, 0.1) is 19.5 Å². The van der Waals surface area contributed by atoms with Crippen molar-refractivity contribution in [1.82, 2.24) is 14.9 Å². The second-order valence-corrected chi connectivity index (χ2v) is 5.60. The predicted molar refractivity (Wildman–Crippen MR) is 92.0 cm³/mol. The molecule has 2 aromatic rings. The van der Waals surface area contributed by atoms with E-state index in [0.29, 0.717) is 0 Å². The topological polar surface area (TPSA) is 53.5 Å². The fourth-order valence-corrected chi connectivity index (χ4v) is 2.79. The maximum Gasteiger partial charge on any atom is 0.142 e. The van der Waals surface area contributed by atoms with E-state index in [2.05, 4.69) is 37.2 Å². The average Bonchev–Trinajstić information content (AvgIpc) is 2.60. The number of nitrogens with zero attached hydrogens (tertiary/aromatic N) is 4. The number of hydrogen-bond acceptors (Lipinski definition) is 6. The summed E-state index contributed by atoms with van der Waals surface area (Å²) in [6, 6.07) is 10.1. The Morgan fingerprint density at radius 1 is 1.13 bits per heavy atom. The first kappa shape index (κ1) is 15.6. The highest BCUT2D eigenvalue weighted by Gasteiger charge is 2.19. The van der Waals surface area contributed by atoms with Gasteiger partial charge in [-0.3, -0.25) is 4.90 Å². The van der Waals surface area contributed by atoms with Crippen molar-refractivity contribution in [2.75, 3.05) is 50.2 Å². The summed E-state index contributed by atoms with van der Waals surface area (Å²) in [5.74, 6) is 2.61. The number of piperazine rings is 1. The Morgan fingerprint density at radius 2 is 1.91 bits per heavy atom. The second kappa shape index (κ2) is 7.28. The van der Waals surface area contributed by atoms with E-state index in [9.17, 15) is 0 Å². The van der Waals surface area contributed by atoms with Crippen molar-refractivity contribution in [2.45, 2.75) is 6.92 Å². The molecule has 1 aliphatic rings. The molecule has 0 spiro atoms. The molecule has 2 heterocycles. The van der Waals surface area contributed by atoms with Crippen LogP contribution in [0.5, 0.6) is 5.75 Å². The number of nitrogens with one attached hydrogen (secondary N) is 1. The summed E-state index contributed by atoms with van der Waals surface area (Å²) in [6.45, 7) is 6.70. The standard InChI is InChI=1S/C17H23N5O/c1-14-18-8-7-17(20-14)19-13-21-9-11-22(12-10-21)15-5-3-4-6-16(15)23-2/h3-8H,9-13H2,1-2H3,(H,18,19,20). The molecule has 0 bridgehead atoms. The van der Waals surface area contributed by atoms with Gasteiger partial charge < -0.3 is 15.0 Å². The van der Waals surface area contributed by atoms with Gasteiger partial charge in [0.25, 0.3) is 0 Å². The first-order valence-corrected chi connectivity index (χ1v) is 7.90. The smallest absolute Gasteiger partial charge is 0.142 e. The van der Waals surface area contributed by atoms with Gasteiger partial charge in [-0.15, -0.1) is 0 Å². The molecule has 23 heavy (non-hydrogen) atoms. The molecular formula is C17H23N5O. The molecule has 6 nitrogen and oxygen atoms in total. The fraction of sp³-hybridized carbons (Fsp3) is 0.412. The van der Waals surface area contributed by atoms with E-state index in [4.69, 9.17) is 4.74 Å². The van der Waals surface area contributed by atoms with E-state index < -0.39 is 0 Å². The number of anilines is 2. The zero-order valence-corrected chi connectivity index (χ0v) is 13.7. The Kier molecular flexibility index (Phi) is 4.92. The third-order valence-corrected chi connectivity index (χ3v) is 4.06. The lowest BCUT2D eigenvalue weighted by atomic mass is 10.2. The monoisotopic (exact) mass is 313 g/mol. The van der Waals surface area contributed by atoms with Gasteiger partial charge in [-0.25, -0.2) is 9.97 Å². The van der Waals surface area contributed by atoms with Crippen molar-refractivity contribution in [3.8, 4) is 5.75 Å². The van der Waals surface area contributed by atoms with Crippen LogP contribution in [0.3, 0.4) is 0 Å². The number of hydrogen-bond donors (Lipinski definition) is 1. The Hall–Kier alpha value is -2.34. The van der Waals surface area contributed by atoms with Crippen LogP contribution in [0.1, 0.15) is 5.82 Å². The van der Waals surface area contributed by atoms with Crippen LogP contribution in [-0.4, -0.2) is 54.8 Å². The molecule has 122 valence electrons. The summed E-state index contributed by atoms with van der Waals surface area (Å²) in [7, 11) is 1.72. The quantitative estimate of drug-likeness (QED) is 0.911. The molecule has 0 unspecified atom stereocenters. The maximum atomic E-state index is 5.46. The molecular weight excluding hydrogens is 290 g/mol. The van der Waals surface area contributed by atoms with Gasteiger partial charge in [0, 0.05) is 32.4 Å². The number of aryl methyl sites for hydroxylation is 1. The molecule has 1 fully saturated rings. The number of para-hydroxylation sites is 2. The zero-order valence-electron chi connectivity index (χ0n) is 13.7. The fourth-order valence-electron chi connectivity index (χ4n) is 2.79. The van der Waals surface area contributed by atoms with Gasteiger partial charge in [0.2, 0.25) is 0 Å². The van der Waals surface area contributed by atoms with Crippen LogP contribution in [-0.2, 0) is 0 Å². The third-order valence-electron chi connectivity index (χ3n) is 4.06. The van der Waals surface area contributed by atoms with Gasteiger partial charge in [-0.1, -0.05) is 12.1 Å². The van der Waals surface area contributed by atoms with E-state index in [1.54, 1.807) is 13.3 Å². The van der Waals surface area contributed by atoms with E-state index in [1.807, 2.05) is 25.1 Å². The van der Waals surface area contributed by atoms with Gasteiger partial charge in [0.1, 0.15) is 17.4 Å². The van der Waals surface area contributed by atoms with Crippen LogP contribution in [0.4, 0.5) is 11.5 Å². The van der Waals surface area contributed by atoms with Crippen LogP contribution in [0.15, 0.2) is 36.5 Å². The van der Waals surface area contributed by atoms with Crippen molar-refractivity contribution < 1.29 is 4.74 Å². The lowest BCUT2D eigenvalue weighted by molar-refractivity contribution is 0.274. The third kappa shape index (κ3) is 3.90. The van der Waals surface area contributed by atoms with Crippen LogP contribution in [0.25, 0.3) is 0 Å². The minimum absolute atomic E-state index is 0.788.